The third-order valence-electron chi connectivity index (χ3n) is 3.67. The van der Waals surface area contributed by atoms with Gasteiger partial charge in [0.1, 0.15) is 5.75 Å². The first-order valence-corrected chi connectivity index (χ1v) is 9.10. The van der Waals surface area contributed by atoms with E-state index in [9.17, 15) is 9.59 Å². The Bertz CT molecular complexity index is 732. The van der Waals surface area contributed by atoms with Crippen LogP contribution in [0, 0.1) is 0 Å². The molecule has 5 nitrogen and oxygen atoms in total. The SMILES string of the molecule is COc1ccc(C(CC(=O)Nc2ccccc2SC)NC(C)=O)cc1. The van der Waals surface area contributed by atoms with Crippen molar-refractivity contribution in [2.45, 2.75) is 24.3 Å². The number of nitrogens with one attached hydrogen (secondary N) is 2. The lowest BCUT2D eigenvalue weighted by Gasteiger charge is -2.19. The normalized spacial score (nSPS) is 11.5. The minimum Gasteiger partial charge on any atom is -0.497 e. The fraction of sp³-hybridized carbons (Fsp3) is 0.263. The second-order valence-electron chi connectivity index (χ2n) is 5.48. The van der Waals surface area contributed by atoms with E-state index in [2.05, 4.69) is 10.6 Å². The molecule has 2 aromatic carbocycles. The van der Waals surface area contributed by atoms with Crippen LogP contribution < -0.4 is 15.4 Å². The van der Waals surface area contributed by atoms with Gasteiger partial charge in [-0.2, -0.15) is 0 Å². The summed E-state index contributed by atoms with van der Waals surface area (Å²) in [6, 6.07) is 14.6. The highest BCUT2D eigenvalue weighted by molar-refractivity contribution is 7.98. The first-order valence-electron chi connectivity index (χ1n) is 7.87. The van der Waals surface area contributed by atoms with E-state index < -0.39 is 6.04 Å². The number of anilines is 1. The Morgan fingerprint density at radius 1 is 1.12 bits per heavy atom. The fourth-order valence-electron chi connectivity index (χ4n) is 2.47. The summed E-state index contributed by atoms with van der Waals surface area (Å²) in [6.07, 6.45) is 2.11. The lowest BCUT2D eigenvalue weighted by molar-refractivity contribution is -0.120. The predicted molar refractivity (Wildman–Crippen MR) is 101 cm³/mol. The van der Waals surface area contributed by atoms with Crippen molar-refractivity contribution in [1.82, 2.24) is 5.32 Å². The molecule has 0 fully saturated rings. The number of ether oxygens (including phenoxy) is 1. The van der Waals surface area contributed by atoms with Crippen LogP contribution in [0.3, 0.4) is 0 Å². The van der Waals surface area contributed by atoms with Crippen LogP contribution in [-0.2, 0) is 9.59 Å². The van der Waals surface area contributed by atoms with Crippen molar-refractivity contribution in [2.24, 2.45) is 0 Å². The molecule has 0 saturated carbocycles. The molecule has 0 radical (unpaired) electrons. The molecule has 0 aliphatic heterocycles. The van der Waals surface area contributed by atoms with Gasteiger partial charge in [-0.15, -0.1) is 11.8 Å². The third kappa shape index (κ3) is 5.53. The highest BCUT2D eigenvalue weighted by atomic mass is 32.2. The minimum atomic E-state index is -0.398. The van der Waals surface area contributed by atoms with Crippen LogP contribution in [0.25, 0.3) is 0 Å². The van der Waals surface area contributed by atoms with Crippen LogP contribution in [0.5, 0.6) is 5.75 Å². The highest BCUT2D eigenvalue weighted by Crippen LogP contribution is 2.26. The zero-order valence-corrected chi connectivity index (χ0v) is 15.4. The molecule has 1 unspecified atom stereocenters. The van der Waals surface area contributed by atoms with Crippen molar-refractivity contribution in [3.8, 4) is 5.75 Å². The van der Waals surface area contributed by atoms with E-state index in [0.29, 0.717) is 0 Å². The Morgan fingerprint density at radius 2 is 1.80 bits per heavy atom. The molecular formula is C19H22N2O3S. The van der Waals surface area contributed by atoms with Crippen LogP contribution in [0.4, 0.5) is 5.69 Å². The number of hydrogen-bond acceptors (Lipinski definition) is 4. The molecule has 2 aromatic rings. The first kappa shape index (κ1) is 18.9. The summed E-state index contributed by atoms with van der Waals surface area (Å²) < 4.78 is 5.15. The number of hydrogen-bond donors (Lipinski definition) is 2. The van der Waals surface area contributed by atoms with E-state index >= 15 is 0 Å². The van der Waals surface area contributed by atoms with Crippen molar-refractivity contribution in [1.29, 1.82) is 0 Å². The smallest absolute Gasteiger partial charge is 0.226 e. The number of carbonyl (C=O) groups excluding carboxylic acids is 2. The monoisotopic (exact) mass is 358 g/mol. The summed E-state index contributed by atoms with van der Waals surface area (Å²) in [7, 11) is 1.59. The number of para-hydroxylation sites is 1. The molecule has 25 heavy (non-hydrogen) atoms. The van der Waals surface area contributed by atoms with Crippen molar-refractivity contribution in [3.63, 3.8) is 0 Å². The van der Waals surface area contributed by atoms with Crippen molar-refractivity contribution < 1.29 is 14.3 Å². The molecular weight excluding hydrogens is 336 g/mol. The van der Waals surface area contributed by atoms with Gasteiger partial charge in [0, 0.05) is 11.8 Å². The van der Waals surface area contributed by atoms with Crippen LogP contribution in [-0.4, -0.2) is 25.2 Å². The Balaban J connectivity index is 2.12. The Hall–Kier alpha value is -2.47. The van der Waals surface area contributed by atoms with Gasteiger partial charge < -0.3 is 15.4 Å². The molecule has 0 aliphatic carbocycles. The molecule has 6 heteroatoms. The van der Waals surface area contributed by atoms with Gasteiger partial charge in [-0.3, -0.25) is 9.59 Å². The van der Waals surface area contributed by atoms with Gasteiger partial charge in [0.2, 0.25) is 11.8 Å². The lowest BCUT2D eigenvalue weighted by atomic mass is 10.0. The maximum atomic E-state index is 12.5. The second-order valence-corrected chi connectivity index (χ2v) is 6.33. The van der Waals surface area contributed by atoms with Gasteiger partial charge in [0.05, 0.1) is 25.3 Å². The standard InChI is InChI=1S/C19H22N2O3S/c1-13(22)20-17(14-8-10-15(24-2)11-9-14)12-19(23)21-16-6-4-5-7-18(16)25-3/h4-11,17H,12H2,1-3H3,(H,20,22)(H,21,23). The molecule has 2 amide bonds. The zero-order chi connectivity index (χ0) is 18.2. The fourth-order valence-corrected chi connectivity index (χ4v) is 3.02. The van der Waals surface area contributed by atoms with Crippen LogP contribution in [0.1, 0.15) is 24.9 Å². The number of methoxy groups -OCH3 is 1. The number of benzene rings is 2. The zero-order valence-electron chi connectivity index (χ0n) is 14.5. The van der Waals surface area contributed by atoms with Crippen molar-refractivity contribution >= 4 is 29.3 Å². The van der Waals surface area contributed by atoms with Gasteiger partial charge in [0.15, 0.2) is 0 Å². The van der Waals surface area contributed by atoms with Crippen molar-refractivity contribution in [3.05, 3.63) is 54.1 Å². The molecule has 1 atom stereocenters. The number of amides is 2. The van der Waals surface area contributed by atoms with E-state index in [1.807, 2.05) is 54.8 Å². The molecule has 132 valence electrons. The lowest BCUT2D eigenvalue weighted by Crippen LogP contribution is -2.29. The summed E-state index contributed by atoms with van der Waals surface area (Å²) in [5.74, 6) is 0.387. The molecule has 0 spiro atoms. The Kier molecular flexibility index (Phi) is 6.89. The van der Waals surface area contributed by atoms with Crippen LogP contribution >= 0.6 is 11.8 Å². The van der Waals surface area contributed by atoms with Gasteiger partial charge in [-0.25, -0.2) is 0 Å². The van der Waals surface area contributed by atoms with E-state index in [4.69, 9.17) is 4.74 Å². The molecule has 0 aliphatic rings. The Morgan fingerprint density at radius 3 is 2.40 bits per heavy atom. The molecule has 0 aromatic heterocycles. The van der Waals surface area contributed by atoms with Crippen LogP contribution in [0.15, 0.2) is 53.4 Å². The summed E-state index contributed by atoms with van der Waals surface area (Å²) in [5, 5.41) is 5.75. The molecule has 0 heterocycles. The molecule has 0 saturated heterocycles. The number of rotatable bonds is 7. The van der Waals surface area contributed by atoms with E-state index in [1.54, 1.807) is 18.9 Å². The molecule has 0 bridgehead atoms. The van der Waals surface area contributed by atoms with Gasteiger partial charge in [-0.1, -0.05) is 24.3 Å². The third-order valence-corrected chi connectivity index (χ3v) is 4.46. The number of thioether (sulfide) groups is 1. The quantitative estimate of drug-likeness (QED) is 0.742. The summed E-state index contributed by atoms with van der Waals surface area (Å²) in [6.45, 7) is 1.44. The average Bonchev–Trinajstić information content (AvgIpc) is 2.61. The Labute approximate surface area is 152 Å². The van der Waals surface area contributed by atoms with Gasteiger partial charge in [-0.05, 0) is 36.1 Å². The van der Waals surface area contributed by atoms with Gasteiger partial charge >= 0.3 is 0 Å². The van der Waals surface area contributed by atoms with E-state index in [0.717, 1.165) is 21.9 Å². The highest BCUT2D eigenvalue weighted by Gasteiger charge is 2.18. The summed E-state index contributed by atoms with van der Waals surface area (Å²) in [5.41, 5.74) is 1.63. The maximum absolute atomic E-state index is 12.5. The van der Waals surface area contributed by atoms with Gasteiger partial charge in [0.25, 0.3) is 0 Å². The first-order chi connectivity index (χ1) is 12.0. The number of carbonyl (C=O) groups is 2. The predicted octanol–water partition coefficient (Wildman–Crippen LogP) is 3.62. The molecule has 2 N–H and O–H groups in total. The van der Waals surface area contributed by atoms with E-state index in [1.165, 1.54) is 6.92 Å². The summed E-state index contributed by atoms with van der Waals surface area (Å²) >= 11 is 1.57. The summed E-state index contributed by atoms with van der Waals surface area (Å²) in [4.78, 5) is 25.0. The average molecular weight is 358 g/mol. The maximum Gasteiger partial charge on any atom is 0.226 e. The topological polar surface area (TPSA) is 67.4 Å². The van der Waals surface area contributed by atoms with E-state index in [-0.39, 0.29) is 18.2 Å². The molecule has 2 rings (SSSR count). The minimum absolute atomic E-state index is 0.147. The van der Waals surface area contributed by atoms with Crippen LogP contribution in [0.2, 0.25) is 0 Å². The van der Waals surface area contributed by atoms with Crippen molar-refractivity contribution in [2.75, 3.05) is 18.7 Å². The second kappa shape index (κ2) is 9.13. The largest absolute Gasteiger partial charge is 0.497 e.